The van der Waals surface area contributed by atoms with Gasteiger partial charge >= 0.3 is 5.76 Å². The van der Waals surface area contributed by atoms with Gasteiger partial charge in [-0.05, 0) is 30.5 Å². The van der Waals surface area contributed by atoms with Gasteiger partial charge in [0.05, 0.1) is 11.3 Å². The van der Waals surface area contributed by atoms with Crippen molar-refractivity contribution in [3.63, 3.8) is 0 Å². The van der Waals surface area contributed by atoms with E-state index in [1.54, 1.807) is 4.90 Å². The summed E-state index contributed by atoms with van der Waals surface area (Å²) in [6.07, 6.45) is 1.90. The summed E-state index contributed by atoms with van der Waals surface area (Å²) >= 11 is 0. The molecule has 1 aromatic rings. The first-order valence-electron chi connectivity index (χ1n) is 6.96. The van der Waals surface area contributed by atoms with E-state index in [9.17, 15) is 22.0 Å². The highest BCUT2D eigenvalue weighted by atomic mass is 32.2. The third-order valence-corrected chi connectivity index (χ3v) is 5.21. The molecule has 122 valence electrons. The Hall–Kier alpha value is -1.54. The molecule has 0 radical (unpaired) electrons. The van der Waals surface area contributed by atoms with Crippen LogP contribution in [0.15, 0.2) is 29.2 Å². The lowest BCUT2D eigenvalue weighted by Crippen LogP contribution is -2.40. The standard InChI is InChI=1S/C14H18F2N2O3S/c15-14(16)22(20,21)12-5-3-10(4-6-12)8-13(19)18-7-1-2-11(18)9-17/h3-6,11,14H,1-2,7-9,17H2. The number of likely N-dealkylation sites (tertiary alicyclic amines) is 1. The maximum absolute atomic E-state index is 12.4. The first kappa shape index (κ1) is 16.8. The summed E-state index contributed by atoms with van der Waals surface area (Å²) in [6, 6.07) is 5.04. The van der Waals surface area contributed by atoms with Crippen molar-refractivity contribution in [2.75, 3.05) is 13.1 Å². The number of hydrogen-bond acceptors (Lipinski definition) is 4. The van der Waals surface area contributed by atoms with Crippen LogP contribution in [0.25, 0.3) is 0 Å². The Morgan fingerprint density at radius 2 is 1.95 bits per heavy atom. The number of rotatable bonds is 5. The second-order valence-electron chi connectivity index (χ2n) is 5.25. The number of alkyl halides is 2. The Morgan fingerprint density at radius 3 is 2.50 bits per heavy atom. The minimum Gasteiger partial charge on any atom is -0.338 e. The Balaban J connectivity index is 2.07. The lowest BCUT2D eigenvalue weighted by atomic mass is 10.1. The maximum Gasteiger partial charge on any atom is 0.341 e. The molecule has 1 aliphatic rings. The Morgan fingerprint density at radius 1 is 1.32 bits per heavy atom. The number of amides is 1. The van der Waals surface area contributed by atoms with E-state index in [2.05, 4.69) is 0 Å². The van der Waals surface area contributed by atoms with Gasteiger partial charge in [-0.2, -0.15) is 8.78 Å². The number of carbonyl (C=O) groups is 1. The molecule has 0 aromatic heterocycles. The highest BCUT2D eigenvalue weighted by molar-refractivity contribution is 7.91. The molecule has 0 bridgehead atoms. The highest BCUT2D eigenvalue weighted by Gasteiger charge is 2.28. The van der Waals surface area contributed by atoms with E-state index >= 15 is 0 Å². The van der Waals surface area contributed by atoms with Gasteiger partial charge in [-0.3, -0.25) is 4.79 Å². The summed E-state index contributed by atoms with van der Waals surface area (Å²) in [5, 5.41) is 0. The molecule has 2 rings (SSSR count). The van der Waals surface area contributed by atoms with Gasteiger partial charge in [0.1, 0.15) is 0 Å². The van der Waals surface area contributed by atoms with Crippen molar-refractivity contribution in [2.45, 2.75) is 36.0 Å². The van der Waals surface area contributed by atoms with Gasteiger partial charge in [0.2, 0.25) is 15.7 Å². The minimum atomic E-state index is -4.60. The number of halogens is 2. The van der Waals surface area contributed by atoms with Crippen molar-refractivity contribution in [1.82, 2.24) is 4.90 Å². The normalized spacial score (nSPS) is 18.9. The summed E-state index contributed by atoms with van der Waals surface area (Å²) in [5.74, 6) is -3.53. The van der Waals surface area contributed by atoms with Crippen LogP contribution in [0, 0.1) is 0 Å². The van der Waals surface area contributed by atoms with Crippen LogP contribution in [0.4, 0.5) is 8.78 Å². The fraction of sp³-hybridized carbons (Fsp3) is 0.500. The van der Waals surface area contributed by atoms with Crippen LogP contribution >= 0.6 is 0 Å². The number of hydrogen-bond donors (Lipinski definition) is 1. The molecular weight excluding hydrogens is 314 g/mol. The molecule has 1 saturated heterocycles. The number of nitrogens with zero attached hydrogens (tertiary/aromatic N) is 1. The largest absolute Gasteiger partial charge is 0.341 e. The molecule has 0 saturated carbocycles. The van der Waals surface area contributed by atoms with Gasteiger partial charge in [-0.15, -0.1) is 0 Å². The number of nitrogens with two attached hydrogens (primary N) is 1. The Bertz CT molecular complexity index is 632. The summed E-state index contributed by atoms with van der Waals surface area (Å²) in [5.41, 5.74) is 6.20. The molecule has 1 fully saturated rings. The second-order valence-corrected chi connectivity index (χ2v) is 7.16. The van der Waals surface area contributed by atoms with E-state index in [-0.39, 0.29) is 18.4 Å². The van der Waals surface area contributed by atoms with Crippen molar-refractivity contribution >= 4 is 15.7 Å². The Kier molecular flexibility index (Phi) is 5.12. The van der Waals surface area contributed by atoms with E-state index in [0.717, 1.165) is 25.0 Å². The zero-order valence-electron chi connectivity index (χ0n) is 11.9. The van der Waals surface area contributed by atoms with Gasteiger partial charge in [0.15, 0.2) is 0 Å². The van der Waals surface area contributed by atoms with E-state index in [0.29, 0.717) is 18.7 Å². The third kappa shape index (κ3) is 3.44. The lowest BCUT2D eigenvalue weighted by Gasteiger charge is -2.23. The zero-order valence-corrected chi connectivity index (χ0v) is 12.7. The molecule has 0 aliphatic carbocycles. The van der Waals surface area contributed by atoms with E-state index < -0.39 is 20.5 Å². The van der Waals surface area contributed by atoms with Crippen molar-refractivity contribution in [2.24, 2.45) is 5.73 Å². The van der Waals surface area contributed by atoms with Crippen LogP contribution in [-0.2, 0) is 21.1 Å². The molecule has 8 heteroatoms. The van der Waals surface area contributed by atoms with E-state index in [4.69, 9.17) is 5.73 Å². The molecule has 2 N–H and O–H groups in total. The SMILES string of the molecule is NCC1CCCN1C(=O)Cc1ccc(S(=O)(=O)C(F)F)cc1. The third-order valence-electron chi connectivity index (χ3n) is 3.81. The number of sulfone groups is 1. The van der Waals surface area contributed by atoms with E-state index in [1.807, 2.05) is 0 Å². The zero-order chi connectivity index (χ0) is 16.3. The summed E-state index contributed by atoms with van der Waals surface area (Å²) in [4.78, 5) is 13.5. The minimum absolute atomic E-state index is 0.0472. The molecular formula is C14H18F2N2O3S. The molecule has 5 nitrogen and oxygen atoms in total. The van der Waals surface area contributed by atoms with Crippen molar-refractivity contribution < 1.29 is 22.0 Å². The van der Waals surface area contributed by atoms with Crippen LogP contribution < -0.4 is 5.73 Å². The molecule has 1 aliphatic heterocycles. The van der Waals surface area contributed by atoms with E-state index in [1.165, 1.54) is 12.1 Å². The Labute approximate surface area is 128 Å². The topological polar surface area (TPSA) is 80.5 Å². The smallest absolute Gasteiger partial charge is 0.338 e. The van der Waals surface area contributed by atoms with Gasteiger partial charge < -0.3 is 10.6 Å². The molecule has 1 amide bonds. The van der Waals surface area contributed by atoms with Crippen LogP contribution in [0.5, 0.6) is 0 Å². The monoisotopic (exact) mass is 332 g/mol. The van der Waals surface area contributed by atoms with Crippen molar-refractivity contribution in [1.29, 1.82) is 0 Å². The average molecular weight is 332 g/mol. The lowest BCUT2D eigenvalue weighted by molar-refractivity contribution is -0.131. The van der Waals surface area contributed by atoms with Crippen LogP contribution in [0.2, 0.25) is 0 Å². The van der Waals surface area contributed by atoms with Gasteiger partial charge in [-0.25, -0.2) is 8.42 Å². The fourth-order valence-electron chi connectivity index (χ4n) is 2.59. The summed E-state index contributed by atoms with van der Waals surface area (Å²) in [6.45, 7) is 1.08. The predicted octanol–water partition coefficient (Wildman–Crippen LogP) is 1.18. The molecule has 1 unspecified atom stereocenters. The first-order valence-corrected chi connectivity index (χ1v) is 8.51. The average Bonchev–Trinajstić information content (AvgIpc) is 2.96. The quantitative estimate of drug-likeness (QED) is 0.878. The first-order chi connectivity index (χ1) is 10.4. The maximum atomic E-state index is 12.4. The van der Waals surface area contributed by atoms with Crippen molar-refractivity contribution in [3.8, 4) is 0 Å². The van der Waals surface area contributed by atoms with Crippen LogP contribution in [-0.4, -0.2) is 44.1 Å². The predicted molar refractivity (Wildman–Crippen MR) is 77.1 cm³/mol. The second kappa shape index (κ2) is 6.70. The number of carbonyl (C=O) groups excluding carboxylic acids is 1. The summed E-state index contributed by atoms with van der Waals surface area (Å²) < 4.78 is 47.5. The molecule has 1 heterocycles. The van der Waals surface area contributed by atoms with Gasteiger partial charge in [-0.1, -0.05) is 12.1 Å². The number of benzene rings is 1. The highest BCUT2D eigenvalue weighted by Crippen LogP contribution is 2.20. The summed E-state index contributed by atoms with van der Waals surface area (Å²) in [7, 11) is -4.60. The van der Waals surface area contributed by atoms with Gasteiger partial charge in [0, 0.05) is 19.1 Å². The fourth-order valence-corrected chi connectivity index (χ4v) is 3.31. The molecule has 0 spiro atoms. The van der Waals surface area contributed by atoms with Crippen LogP contribution in [0.1, 0.15) is 18.4 Å². The molecule has 22 heavy (non-hydrogen) atoms. The molecule has 1 aromatic carbocycles. The van der Waals surface area contributed by atoms with Crippen molar-refractivity contribution in [3.05, 3.63) is 29.8 Å². The molecule has 1 atom stereocenters. The van der Waals surface area contributed by atoms with Gasteiger partial charge in [0.25, 0.3) is 0 Å². The van der Waals surface area contributed by atoms with Crippen LogP contribution in [0.3, 0.4) is 0 Å².